The van der Waals surface area contributed by atoms with Gasteiger partial charge < -0.3 is 9.84 Å². The number of hydrogen-bond acceptors (Lipinski definition) is 5. The van der Waals surface area contributed by atoms with Gasteiger partial charge in [0.2, 0.25) is 0 Å². The van der Waals surface area contributed by atoms with Gasteiger partial charge in [0, 0.05) is 47.5 Å². The Kier molecular flexibility index (Phi) is 8.08. The van der Waals surface area contributed by atoms with Gasteiger partial charge in [0.05, 0.1) is 5.69 Å². The number of urea groups is 1. The third-order valence-electron chi connectivity index (χ3n) is 8.48. The Morgan fingerprint density at radius 1 is 1.07 bits per heavy atom. The van der Waals surface area contributed by atoms with E-state index in [4.69, 9.17) is 27.7 Å². The van der Waals surface area contributed by atoms with Crippen LogP contribution in [-0.4, -0.2) is 47.3 Å². The number of aromatic nitrogens is 2. The molecule has 2 aromatic carbocycles. The van der Waals surface area contributed by atoms with Crippen molar-refractivity contribution in [3.63, 3.8) is 0 Å². The van der Waals surface area contributed by atoms with Crippen LogP contribution in [0, 0.1) is 13.8 Å². The summed E-state index contributed by atoms with van der Waals surface area (Å²) in [6, 6.07) is 17.8. The molecule has 4 aromatic rings. The third-order valence-corrected chi connectivity index (χ3v) is 8.94. The van der Waals surface area contributed by atoms with Crippen molar-refractivity contribution in [2.75, 3.05) is 31.1 Å². The first kappa shape index (κ1) is 28.5. The molecule has 0 unspecified atom stereocenters. The number of rotatable bonds is 6. The van der Waals surface area contributed by atoms with Gasteiger partial charge in [0.15, 0.2) is 0 Å². The zero-order chi connectivity index (χ0) is 29.3. The fourth-order valence-corrected chi connectivity index (χ4v) is 6.55. The lowest BCUT2D eigenvalue weighted by Crippen LogP contribution is -2.47. The Morgan fingerprint density at radius 2 is 1.86 bits per heavy atom. The van der Waals surface area contributed by atoms with Gasteiger partial charge in [-0.25, -0.2) is 9.78 Å². The molecule has 7 nitrogen and oxygen atoms in total. The predicted octanol–water partition coefficient (Wildman–Crippen LogP) is 7.44. The molecule has 1 N–H and O–H groups in total. The summed E-state index contributed by atoms with van der Waals surface area (Å²) in [6.45, 7) is 7.71. The summed E-state index contributed by atoms with van der Waals surface area (Å²) in [7, 11) is 0. The number of anilines is 1. The van der Waals surface area contributed by atoms with Gasteiger partial charge in [-0.15, -0.1) is 0 Å². The molecule has 2 aromatic heterocycles. The van der Waals surface area contributed by atoms with E-state index < -0.39 is 0 Å². The number of carbonyl (C=O) groups excluding carboxylic acids is 1. The number of likely N-dealkylation sites (tertiary alicyclic amines) is 1. The molecule has 2 aliphatic heterocycles. The number of pyridine rings is 1. The highest BCUT2D eigenvalue weighted by atomic mass is 35.5. The van der Waals surface area contributed by atoms with Crippen LogP contribution in [0.4, 0.5) is 10.5 Å². The quantitative estimate of drug-likeness (QED) is 0.232. The highest BCUT2D eigenvalue weighted by Gasteiger charge is 2.46. The molecule has 9 heteroatoms. The molecule has 6 rings (SSSR count). The fourth-order valence-electron chi connectivity index (χ4n) is 6.23. The minimum atomic E-state index is -0.127. The van der Waals surface area contributed by atoms with Crippen molar-refractivity contribution in [2.45, 2.75) is 38.6 Å². The van der Waals surface area contributed by atoms with Crippen LogP contribution in [0.2, 0.25) is 10.2 Å². The molecule has 0 bridgehead atoms. The Balaban J connectivity index is 1.22. The summed E-state index contributed by atoms with van der Waals surface area (Å²) in [5.41, 5.74) is 7.07. The van der Waals surface area contributed by atoms with Crippen LogP contribution in [-0.2, 0) is 12.0 Å². The van der Waals surface area contributed by atoms with Gasteiger partial charge in [-0.2, -0.15) is 0 Å². The van der Waals surface area contributed by atoms with E-state index in [0.717, 1.165) is 76.9 Å². The standard InChI is InChI=1S/C33H33Cl2N5O2/c1-22-31(23(2)42-38-22)26-7-10-29-28(19-26)33(21-40(29)32(41)37-20-25-11-14-36-30(35)18-25)12-16-39(17-13-33)15-3-4-24-5-8-27(34)9-6-24/h3-11,14,18-19H,12-13,15-17,20-21H2,1-2H3,(H,37,41)/b4-3+. The Hall–Kier alpha value is -3.65. The zero-order valence-electron chi connectivity index (χ0n) is 23.7. The van der Waals surface area contributed by atoms with Crippen molar-refractivity contribution in [3.05, 3.63) is 105 Å². The van der Waals surface area contributed by atoms with Gasteiger partial charge in [-0.3, -0.25) is 9.80 Å². The van der Waals surface area contributed by atoms with Crippen molar-refractivity contribution in [2.24, 2.45) is 0 Å². The second-order valence-corrected chi connectivity index (χ2v) is 12.0. The maximum atomic E-state index is 13.6. The van der Waals surface area contributed by atoms with E-state index >= 15 is 0 Å². The first-order valence-electron chi connectivity index (χ1n) is 14.2. The third kappa shape index (κ3) is 5.82. The molecule has 4 heterocycles. The van der Waals surface area contributed by atoms with Crippen molar-refractivity contribution in [1.82, 2.24) is 20.4 Å². The van der Waals surface area contributed by atoms with Gasteiger partial charge in [0.25, 0.3) is 0 Å². The van der Waals surface area contributed by atoms with Crippen LogP contribution in [0.3, 0.4) is 0 Å². The van der Waals surface area contributed by atoms with Crippen molar-refractivity contribution < 1.29 is 9.32 Å². The van der Waals surface area contributed by atoms with Crippen LogP contribution in [0.1, 0.15) is 41.0 Å². The molecule has 0 radical (unpaired) electrons. The summed E-state index contributed by atoms with van der Waals surface area (Å²) >= 11 is 12.1. The van der Waals surface area contributed by atoms with Gasteiger partial charge >= 0.3 is 6.03 Å². The molecule has 2 amide bonds. The number of aryl methyl sites for hydroxylation is 2. The number of carbonyl (C=O) groups is 1. The molecule has 2 aliphatic rings. The summed E-state index contributed by atoms with van der Waals surface area (Å²) in [6.07, 6.45) is 7.93. The van der Waals surface area contributed by atoms with Crippen LogP contribution in [0.15, 0.2) is 71.4 Å². The van der Waals surface area contributed by atoms with E-state index in [1.54, 1.807) is 12.3 Å². The second kappa shape index (κ2) is 11.9. The Bertz CT molecular complexity index is 1600. The van der Waals surface area contributed by atoms with E-state index in [1.807, 2.05) is 49.1 Å². The monoisotopic (exact) mass is 601 g/mol. The molecule has 42 heavy (non-hydrogen) atoms. The largest absolute Gasteiger partial charge is 0.361 e. The minimum Gasteiger partial charge on any atom is -0.361 e. The van der Waals surface area contributed by atoms with E-state index in [1.165, 1.54) is 5.56 Å². The maximum Gasteiger partial charge on any atom is 0.322 e. The molecular weight excluding hydrogens is 569 g/mol. The number of halogens is 2. The molecular formula is C33H33Cl2N5O2. The molecule has 1 spiro atoms. The second-order valence-electron chi connectivity index (χ2n) is 11.2. The van der Waals surface area contributed by atoms with Crippen molar-refractivity contribution >= 4 is 41.0 Å². The summed E-state index contributed by atoms with van der Waals surface area (Å²) in [5, 5.41) is 8.42. The number of hydrogen-bond donors (Lipinski definition) is 1. The average Bonchev–Trinajstić information content (AvgIpc) is 3.49. The van der Waals surface area contributed by atoms with Gasteiger partial charge in [-0.05, 0) is 98.4 Å². The van der Waals surface area contributed by atoms with E-state index in [0.29, 0.717) is 18.2 Å². The minimum absolute atomic E-state index is 0.112. The van der Waals surface area contributed by atoms with Gasteiger partial charge in [-0.1, -0.05) is 58.7 Å². The van der Waals surface area contributed by atoms with Crippen molar-refractivity contribution in [1.29, 1.82) is 0 Å². The smallest absolute Gasteiger partial charge is 0.322 e. The first-order chi connectivity index (χ1) is 20.3. The molecule has 1 saturated heterocycles. The highest BCUT2D eigenvalue weighted by molar-refractivity contribution is 6.30. The topological polar surface area (TPSA) is 74.5 Å². The summed E-state index contributed by atoms with van der Waals surface area (Å²) in [5.74, 6) is 0.799. The van der Waals surface area contributed by atoms with E-state index in [9.17, 15) is 4.79 Å². The predicted molar refractivity (Wildman–Crippen MR) is 168 cm³/mol. The number of benzene rings is 2. The molecule has 216 valence electrons. The first-order valence-corrected chi connectivity index (χ1v) is 14.9. The molecule has 1 fully saturated rings. The lowest BCUT2D eigenvalue weighted by molar-refractivity contribution is 0.180. The zero-order valence-corrected chi connectivity index (χ0v) is 25.3. The number of piperidine rings is 1. The SMILES string of the molecule is Cc1noc(C)c1-c1ccc2c(c1)C1(CCN(C/C=C/c3ccc(Cl)cc3)CC1)CN2C(=O)NCc1ccnc(Cl)c1. The highest BCUT2D eigenvalue weighted by Crippen LogP contribution is 2.48. The Morgan fingerprint density at radius 3 is 2.57 bits per heavy atom. The number of nitrogens with zero attached hydrogens (tertiary/aromatic N) is 4. The van der Waals surface area contributed by atoms with Gasteiger partial charge in [0.1, 0.15) is 10.9 Å². The normalized spacial score (nSPS) is 16.3. The molecule has 0 saturated carbocycles. The van der Waals surface area contributed by atoms with Crippen LogP contribution in [0.25, 0.3) is 17.2 Å². The van der Waals surface area contributed by atoms with Crippen molar-refractivity contribution in [3.8, 4) is 11.1 Å². The average molecular weight is 603 g/mol. The fraction of sp³-hybridized carbons (Fsp3) is 0.303. The summed E-state index contributed by atoms with van der Waals surface area (Å²) < 4.78 is 5.48. The lowest BCUT2D eigenvalue weighted by atomic mass is 9.73. The Labute approximate surface area is 256 Å². The van der Waals surface area contributed by atoms with Crippen LogP contribution in [0.5, 0.6) is 0 Å². The molecule has 0 aliphatic carbocycles. The molecule has 0 atom stereocenters. The summed E-state index contributed by atoms with van der Waals surface area (Å²) in [4.78, 5) is 22.0. The number of amides is 2. The lowest BCUT2D eigenvalue weighted by Gasteiger charge is -2.39. The number of fused-ring (bicyclic) bond motifs is 2. The van der Waals surface area contributed by atoms with E-state index in [-0.39, 0.29) is 11.4 Å². The van der Waals surface area contributed by atoms with Crippen LogP contribution >= 0.6 is 23.2 Å². The van der Waals surface area contributed by atoms with Crippen LogP contribution < -0.4 is 10.2 Å². The number of nitrogens with one attached hydrogen (secondary N) is 1. The van der Waals surface area contributed by atoms with E-state index in [2.05, 4.69) is 50.7 Å². The maximum absolute atomic E-state index is 13.6.